The fraction of sp³-hybridized carbons (Fsp3) is 0.875. The Morgan fingerprint density at radius 3 is 2.52 bits per heavy atom. The molecule has 21 heavy (non-hydrogen) atoms. The number of nitrogens with one attached hydrogen (secondary N) is 1. The number of fused-ring (bicyclic) bond motifs is 1. The van der Waals surface area contributed by atoms with Gasteiger partial charge in [0, 0.05) is 12.6 Å². The summed E-state index contributed by atoms with van der Waals surface area (Å²) in [5, 5.41) is 12.4. The smallest absolute Gasteiger partial charge is 0.326 e. The zero-order valence-electron chi connectivity index (χ0n) is 13.3. The zero-order valence-corrected chi connectivity index (χ0v) is 13.3. The van der Waals surface area contributed by atoms with Crippen LogP contribution in [0.2, 0.25) is 0 Å². The number of aliphatic carboxylic acids is 1. The summed E-state index contributed by atoms with van der Waals surface area (Å²) in [6.45, 7) is 6.97. The van der Waals surface area contributed by atoms with Crippen molar-refractivity contribution in [1.29, 1.82) is 0 Å². The van der Waals surface area contributed by atoms with Crippen LogP contribution in [-0.2, 0) is 4.79 Å². The number of hydrogen-bond acceptors (Lipinski definition) is 2. The predicted molar refractivity (Wildman–Crippen MR) is 81.0 cm³/mol. The van der Waals surface area contributed by atoms with E-state index in [1.807, 2.05) is 0 Å². The highest BCUT2D eigenvalue weighted by atomic mass is 16.4. The number of likely N-dealkylation sites (tertiary alicyclic amines) is 1. The fourth-order valence-electron chi connectivity index (χ4n) is 3.55. The summed E-state index contributed by atoms with van der Waals surface area (Å²) in [5.41, 5.74) is 0. The number of carbonyl (C=O) groups is 2. The van der Waals surface area contributed by atoms with Crippen molar-refractivity contribution in [3.05, 3.63) is 0 Å². The van der Waals surface area contributed by atoms with Crippen molar-refractivity contribution in [1.82, 2.24) is 10.2 Å². The van der Waals surface area contributed by atoms with Crippen molar-refractivity contribution in [2.24, 2.45) is 17.8 Å². The van der Waals surface area contributed by atoms with E-state index in [1.54, 1.807) is 4.90 Å². The van der Waals surface area contributed by atoms with Crippen LogP contribution in [-0.4, -0.2) is 40.6 Å². The summed E-state index contributed by atoms with van der Waals surface area (Å²) in [4.78, 5) is 25.6. The standard InChI is InChI=1S/C16H28N2O3/c1-10(2)11(3)9-17-16(21)18-13-7-5-4-6-12(13)8-14(18)15(19)20/h10-14H,4-9H2,1-3H3,(H,17,21)(H,19,20). The van der Waals surface area contributed by atoms with E-state index in [0.717, 1.165) is 25.7 Å². The molecule has 120 valence electrons. The number of hydrogen-bond donors (Lipinski definition) is 2. The third-order valence-electron chi connectivity index (χ3n) is 5.32. The number of carboxylic acids is 1. The highest BCUT2D eigenvalue weighted by Gasteiger charge is 2.47. The van der Waals surface area contributed by atoms with Gasteiger partial charge in [0.1, 0.15) is 6.04 Å². The summed E-state index contributed by atoms with van der Waals surface area (Å²) in [6, 6.07) is -0.717. The summed E-state index contributed by atoms with van der Waals surface area (Å²) in [5.74, 6) is 0.396. The van der Waals surface area contributed by atoms with Crippen LogP contribution in [0.4, 0.5) is 4.79 Å². The lowest BCUT2D eigenvalue weighted by molar-refractivity contribution is -0.141. The summed E-state index contributed by atoms with van der Waals surface area (Å²) >= 11 is 0. The van der Waals surface area contributed by atoms with Crippen molar-refractivity contribution >= 4 is 12.0 Å². The summed E-state index contributed by atoms with van der Waals surface area (Å²) in [7, 11) is 0. The first-order valence-electron chi connectivity index (χ1n) is 8.20. The second-order valence-electron chi connectivity index (χ2n) is 7.02. The molecule has 5 nitrogen and oxygen atoms in total. The van der Waals surface area contributed by atoms with Gasteiger partial charge in [-0.3, -0.25) is 0 Å². The maximum Gasteiger partial charge on any atom is 0.326 e. The van der Waals surface area contributed by atoms with Crippen molar-refractivity contribution in [2.75, 3.05) is 6.54 Å². The lowest BCUT2D eigenvalue weighted by Crippen LogP contribution is -2.51. The Balaban J connectivity index is 2.03. The van der Waals surface area contributed by atoms with E-state index in [-0.39, 0.29) is 12.1 Å². The Labute approximate surface area is 127 Å². The molecule has 0 bridgehead atoms. The molecule has 2 N–H and O–H groups in total. The Hall–Kier alpha value is -1.26. The van der Waals surface area contributed by atoms with Gasteiger partial charge in [0.15, 0.2) is 0 Å². The third-order valence-corrected chi connectivity index (χ3v) is 5.32. The van der Waals surface area contributed by atoms with Gasteiger partial charge in [-0.05, 0) is 37.0 Å². The molecule has 1 saturated carbocycles. The van der Waals surface area contributed by atoms with Gasteiger partial charge in [0.05, 0.1) is 0 Å². The molecule has 2 rings (SSSR count). The predicted octanol–water partition coefficient (Wildman–Crippen LogP) is 2.71. The molecule has 5 heteroatoms. The minimum Gasteiger partial charge on any atom is -0.480 e. The minimum atomic E-state index is -0.864. The van der Waals surface area contributed by atoms with Gasteiger partial charge in [-0.1, -0.05) is 33.6 Å². The van der Waals surface area contributed by atoms with Gasteiger partial charge in [0.2, 0.25) is 0 Å². The van der Waals surface area contributed by atoms with Crippen LogP contribution >= 0.6 is 0 Å². The summed E-state index contributed by atoms with van der Waals surface area (Å²) < 4.78 is 0. The second-order valence-corrected chi connectivity index (χ2v) is 7.02. The molecule has 0 spiro atoms. The first-order chi connectivity index (χ1) is 9.91. The lowest BCUT2D eigenvalue weighted by atomic mass is 9.85. The average Bonchev–Trinajstić information content (AvgIpc) is 2.83. The molecule has 1 saturated heterocycles. The second kappa shape index (κ2) is 6.67. The normalized spacial score (nSPS) is 30.1. The van der Waals surface area contributed by atoms with Crippen LogP contribution in [0.15, 0.2) is 0 Å². The maximum atomic E-state index is 12.5. The van der Waals surface area contributed by atoms with E-state index < -0.39 is 12.0 Å². The SMILES string of the molecule is CC(C)C(C)CNC(=O)N1C(C(=O)O)CC2CCCCC21. The Morgan fingerprint density at radius 1 is 1.24 bits per heavy atom. The van der Waals surface area contributed by atoms with Crippen molar-refractivity contribution in [2.45, 2.75) is 65.0 Å². The maximum absolute atomic E-state index is 12.5. The van der Waals surface area contributed by atoms with E-state index in [2.05, 4.69) is 26.1 Å². The van der Waals surface area contributed by atoms with Gasteiger partial charge in [-0.25, -0.2) is 9.59 Å². The van der Waals surface area contributed by atoms with Gasteiger partial charge in [0.25, 0.3) is 0 Å². The number of rotatable bonds is 4. The van der Waals surface area contributed by atoms with Crippen LogP contribution in [0.5, 0.6) is 0 Å². The van der Waals surface area contributed by atoms with Crippen LogP contribution in [0.1, 0.15) is 52.9 Å². The number of amides is 2. The molecule has 1 heterocycles. The molecule has 1 aliphatic carbocycles. The number of urea groups is 1. The molecule has 2 fully saturated rings. The van der Waals surface area contributed by atoms with Gasteiger partial charge < -0.3 is 15.3 Å². The first-order valence-corrected chi connectivity index (χ1v) is 8.20. The highest BCUT2D eigenvalue weighted by molar-refractivity contribution is 5.83. The number of carbonyl (C=O) groups excluding carboxylic acids is 1. The highest BCUT2D eigenvalue weighted by Crippen LogP contribution is 2.39. The first kappa shape index (κ1) is 16.1. The molecular formula is C16H28N2O3. The molecule has 4 unspecified atom stereocenters. The Morgan fingerprint density at radius 2 is 1.90 bits per heavy atom. The average molecular weight is 296 g/mol. The minimum absolute atomic E-state index is 0.120. The molecule has 1 aliphatic heterocycles. The topological polar surface area (TPSA) is 69.6 Å². The van der Waals surface area contributed by atoms with Gasteiger partial charge >= 0.3 is 12.0 Å². The van der Waals surface area contributed by atoms with Crippen molar-refractivity contribution in [3.8, 4) is 0 Å². The molecule has 0 radical (unpaired) electrons. The van der Waals surface area contributed by atoms with Crippen LogP contribution in [0.3, 0.4) is 0 Å². The van der Waals surface area contributed by atoms with E-state index in [1.165, 1.54) is 0 Å². The lowest BCUT2D eigenvalue weighted by Gasteiger charge is -2.33. The van der Waals surface area contributed by atoms with E-state index in [4.69, 9.17) is 0 Å². The largest absolute Gasteiger partial charge is 0.480 e. The molecular weight excluding hydrogens is 268 g/mol. The quantitative estimate of drug-likeness (QED) is 0.838. The van der Waals surface area contributed by atoms with Crippen LogP contribution in [0, 0.1) is 17.8 Å². The fourth-order valence-corrected chi connectivity index (χ4v) is 3.55. The molecule has 2 amide bonds. The van der Waals surface area contributed by atoms with Crippen molar-refractivity contribution in [3.63, 3.8) is 0 Å². The van der Waals surface area contributed by atoms with E-state index in [9.17, 15) is 14.7 Å². The van der Waals surface area contributed by atoms with Gasteiger partial charge in [-0.2, -0.15) is 0 Å². The van der Waals surface area contributed by atoms with Crippen LogP contribution < -0.4 is 5.32 Å². The molecule has 0 aromatic rings. The monoisotopic (exact) mass is 296 g/mol. The van der Waals surface area contributed by atoms with Crippen molar-refractivity contribution < 1.29 is 14.7 Å². The molecule has 0 aromatic heterocycles. The molecule has 2 aliphatic rings. The van der Waals surface area contributed by atoms with Gasteiger partial charge in [-0.15, -0.1) is 0 Å². The Kier molecular flexibility index (Phi) is 5.12. The van der Waals surface area contributed by atoms with Crippen LogP contribution in [0.25, 0.3) is 0 Å². The Bertz CT molecular complexity index is 397. The zero-order chi connectivity index (χ0) is 15.6. The van der Waals surface area contributed by atoms with E-state index >= 15 is 0 Å². The molecule has 0 aromatic carbocycles. The number of nitrogens with zero attached hydrogens (tertiary/aromatic N) is 1. The number of carboxylic acid groups (broad SMARTS) is 1. The third kappa shape index (κ3) is 3.50. The van der Waals surface area contributed by atoms with E-state index in [0.29, 0.717) is 30.7 Å². The summed E-state index contributed by atoms with van der Waals surface area (Å²) in [6.07, 6.45) is 4.88. The molecule has 4 atom stereocenters.